The van der Waals surface area contributed by atoms with Gasteiger partial charge in [-0.3, -0.25) is 0 Å². The topological polar surface area (TPSA) is 30.5 Å². The number of rotatable bonds is 2. The van der Waals surface area contributed by atoms with Crippen molar-refractivity contribution >= 4 is 21.6 Å². The van der Waals surface area contributed by atoms with Gasteiger partial charge in [0.15, 0.2) is 0 Å². The van der Waals surface area contributed by atoms with Crippen LogP contribution in [0.1, 0.15) is 19.3 Å². The molecule has 0 radical (unpaired) electrons. The Morgan fingerprint density at radius 3 is 3.00 bits per heavy atom. The number of hydrogen-bond acceptors (Lipinski definition) is 3. The molecule has 1 aromatic rings. The summed E-state index contributed by atoms with van der Waals surface area (Å²) in [6, 6.07) is 5.38. The van der Waals surface area contributed by atoms with E-state index in [1.54, 1.807) is 12.1 Å². The van der Waals surface area contributed by atoms with Crippen molar-refractivity contribution in [2.24, 2.45) is 0 Å². The Bertz CT molecular complexity index is 463. The SMILES string of the molecule is Fc1ccc(NC2CCOC3(CCOC3)C2)cc1Br. The molecule has 2 fully saturated rings. The van der Waals surface area contributed by atoms with Gasteiger partial charge in [0.05, 0.1) is 16.7 Å². The maximum atomic E-state index is 13.2. The highest BCUT2D eigenvalue weighted by molar-refractivity contribution is 9.10. The molecule has 0 aromatic heterocycles. The van der Waals surface area contributed by atoms with Crippen LogP contribution in [0.5, 0.6) is 0 Å². The number of ether oxygens (including phenoxy) is 2. The molecule has 1 spiro atoms. The third-order valence-corrected chi connectivity index (χ3v) is 4.46. The number of anilines is 1. The number of benzene rings is 1. The van der Waals surface area contributed by atoms with Crippen molar-refractivity contribution in [1.29, 1.82) is 0 Å². The summed E-state index contributed by atoms with van der Waals surface area (Å²) >= 11 is 3.21. The first-order valence-electron chi connectivity index (χ1n) is 6.60. The third kappa shape index (κ3) is 2.93. The lowest BCUT2D eigenvalue weighted by Crippen LogP contribution is -2.44. The molecule has 0 bridgehead atoms. The molecule has 1 aromatic carbocycles. The van der Waals surface area contributed by atoms with E-state index in [2.05, 4.69) is 21.2 Å². The molecule has 2 unspecified atom stereocenters. The summed E-state index contributed by atoms with van der Waals surface area (Å²) in [4.78, 5) is 0. The van der Waals surface area contributed by atoms with Crippen LogP contribution in [0.3, 0.4) is 0 Å². The van der Waals surface area contributed by atoms with Crippen LogP contribution in [0.2, 0.25) is 0 Å². The summed E-state index contributed by atoms with van der Waals surface area (Å²) in [7, 11) is 0. The lowest BCUT2D eigenvalue weighted by molar-refractivity contribution is -0.0828. The highest BCUT2D eigenvalue weighted by Crippen LogP contribution is 2.34. The molecule has 0 saturated carbocycles. The summed E-state index contributed by atoms with van der Waals surface area (Å²) in [5, 5.41) is 3.47. The van der Waals surface area contributed by atoms with Crippen molar-refractivity contribution in [1.82, 2.24) is 0 Å². The maximum absolute atomic E-state index is 13.2. The van der Waals surface area contributed by atoms with E-state index in [0.29, 0.717) is 17.1 Å². The molecule has 2 aliphatic rings. The van der Waals surface area contributed by atoms with Gasteiger partial charge in [-0.25, -0.2) is 4.39 Å². The fourth-order valence-corrected chi connectivity index (χ4v) is 3.21. The number of nitrogens with one attached hydrogen (secondary N) is 1. The first-order valence-corrected chi connectivity index (χ1v) is 7.39. The largest absolute Gasteiger partial charge is 0.382 e. The molecule has 2 heterocycles. The molecule has 104 valence electrons. The molecule has 0 aliphatic carbocycles. The van der Waals surface area contributed by atoms with Crippen LogP contribution in [-0.4, -0.2) is 31.5 Å². The molecule has 3 rings (SSSR count). The molecule has 2 saturated heterocycles. The lowest BCUT2D eigenvalue weighted by Gasteiger charge is -2.37. The first-order chi connectivity index (χ1) is 9.17. The van der Waals surface area contributed by atoms with E-state index in [0.717, 1.165) is 38.2 Å². The highest BCUT2D eigenvalue weighted by atomic mass is 79.9. The molecule has 3 nitrogen and oxygen atoms in total. The quantitative estimate of drug-likeness (QED) is 0.902. The molecule has 1 N–H and O–H groups in total. The highest BCUT2D eigenvalue weighted by Gasteiger charge is 2.40. The first kappa shape index (κ1) is 13.3. The standard InChI is InChI=1S/C14H17BrFNO2/c15-12-7-10(1-2-13(12)16)17-11-3-5-19-14(8-11)4-6-18-9-14/h1-2,7,11,17H,3-6,8-9H2. The summed E-state index contributed by atoms with van der Waals surface area (Å²) in [5.74, 6) is -0.238. The van der Waals surface area contributed by atoms with Crippen molar-refractivity contribution < 1.29 is 13.9 Å². The zero-order valence-corrected chi connectivity index (χ0v) is 12.2. The van der Waals surface area contributed by atoms with Crippen LogP contribution in [0.4, 0.5) is 10.1 Å². The van der Waals surface area contributed by atoms with Crippen LogP contribution in [0.15, 0.2) is 22.7 Å². The van der Waals surface area contributed by atoms with E-state index >= 15 is 0 Å². The van der Waals surface area contributed by atoms with E-state index in [9.17, 15) is 4.39 Å². The van der Waals surface area contributed by atoms with Crippen LogP contribution in [-0.2, 0) is 9.47 Å². The Hall–Kier alpha value is -0.650. The van der Waals surface area contributed by atoms with Crippen molar-refractivity contribution in [3.63, 3.8) is 0 Å². The van der Waals surface area contributed by atoms with Gasteiger partial charge in [0, 0.05) is 31.4 Å². The summed E-state index contributed by atoms with van der Waals surface area (Å²) in [6.07, 6.45) is 2.89. The van der Waals surface area contributed by atoms with Crippen molar-refractivity contribution in [2.75, 3.05) is 25.1 Å². The Labute approximate surface area is 120 Å². The number of hydrogen-bond donors (Lipinski definition) is 1. The Morgan fingerprint density at radius 1 is 1.37 bits per heavy atom. The van der Waals surface area contributed by atoms with Gasteiger partial charge in [0.2, 0.25) is 0 Å². The van der Waals surface area contributed by atoms with E-state index in [-0.39, 0.29) is 11.4 Å². The van der Waals surface area contributed by atoms with Gasteiger partial charge in [0.1, 0.15) is 5.82 Å². The normalized spacial score (nSPS) is 30.7. The summed E-state index contributed by atoms with van der Waals surface area (Å²) < 4.78 is 25.1. The van der Waals surface area contributed by atoms with E-state index < -0.39 is 0 Å². The minimum atomic E-state index is -0.238. The zero-order valence-electron chi connectivity index (χ0n) is 10.6. The van der Waals surface area contributed by atoms with Gasteiger partial charge in [-0.1, -0.05) is 0 Å². The van der Waals surface area contributed by atoms with E-state index in [1.807, 2.05) is 0 Å². The molecule has 19 heavy (non-hydrogen) atoms. The Balaban J connectivity index is 1.67. The van der Waals surface area contributed by atoms with E-state index in [1.165, 1.54) is 6.07 Å². The molecule has 2 atom stereocenters. The van der Waals surface area contributed by atoms with Crippen LogP contribution >= 0.6 is 15.9 Å². The second-order valence-corrected chi connectivity index (χ2v) is 6.15. The summed E-state index contributed by atoms with van der Waals surface area (Å²) in [5.41, 5.74) is 0.835. The second-order valence-electron chi connectivity index (χ2n) is 5.30. The van der Waals surface area contributed by atoms with Crippen molar-refractivity contribution in [3.05, 3.63) is 28.5 Å². The smallest absolute Gasteiger partial charge is 0.137 e. The average Bonchev–Trinajstić information content (AvgIpc) is 2.82. The van der Waals surface area contributed by atoms with Crippen molar-refractivity contribution in [2.45, 2.75) is 30.9 Å². The summed E-state index contributed by atoms with van der Waals surface area (Å²) in [6.45, 7) is 2.23. The van der Waals surface area contributed by atoms with Crippen LogP contribution in [0, 0.1) is 5.82 Å². The van der Waals surface area contributed by atoms with Gasteiger partial charge in [0.25, 0.3) is 0 Å². The molecular formula is C14H17BrFNO2. The predicted octanol–water partition coefficient (Wildman–Crippen LogP) is 3.34. The number of halogens is 2. The maximum Gasteiger partial charge on any atom is 0.137 e. The lowest BCUT2D eigenvalue weighted by atomic mass is 9.89. The van der Waals surface area contributed by atoms with Gasteiger partial charge in [-0.05, 0) is 47.0 Å². The van der Waals surface area contributed by atoms with Gasteiger partial charge < -0.3 is 14.8 Å². The predicted molar refractivity (Wildman–Crippen MR) is 74.9 cm³/mol. The third-order valence-electron chi connectivity index (χ3n) is 3.85. The van der Waals surface area contributed by atoms with Gasteiger partial charge in [-0.2, -0.15) is 0 Å². The van der Waals surface area contributed by atoms with Gasteiger partial charge >= 0.3 is 0 Å². The van der Waals surface area contributed by atoms with Gasteiger partial charge in [-0.15, -0.1) is 0 Å². The Morgan fingerprint density at radius 2 is 2.26 bits per heavy atom. The minimum Gasteiger partial charge on any atom is -0.382 e. The second kappa shape index (κ2) is 5.38. The molecule has 5 heteroatoms. The fourth-order valence-electron chi connectivity index (χ4n) is 2.84. The Kier molecular flexibility index (Phi) is 3.78. The van der Waals surface area contributed by atoms with Crippen LogP contribution < -0.4 is 5.32 Å². The zero-order chi connectivity index (χ0) is 13.3. The molecule has 2 aliphatic heterocycles. The van der Waals surface area contributed by atoms with Crippen molar-refractivity contribution in [3.8, 4) is 0 Å². The minimum absolute atomic E-state index is 0.104. The van der Waals surface area contributed by atoms with Crippen LogP contribution in [0.25, 0.3) is 0 Å². The fraction of sp³-hybridized carbons (Fsp3) is 0.571. The molecular weight excluding hydrogens is 313 g/mol. The average molecular weight is 330 g/mol. The molecule has 0 amide bonds. The monoisotopic (exact) mass is 329 g/mol. The van der Waals surface area contributed by atoms with E-state index in [4.69, 9.17) is 9.47 Å².